The Hall–Kier alpha value is -1.83. The number of carbonyl (C=O) groups excluding carboxylic acids is 1. The summed E-state index contributed by atoms with van der Waals surface area (Å²) in [6.45, 7) is 1.49. The molecule has 0 radical (unpaired) electrons. The van der Waals surface area contributed by atoms with Crippen molar-refractivity contribution >= 4 is 11.7 Å². The van der Waals surface area contributed by atoms with Gasteiger partial charge in [-0.3, -0.25) is 4.79 Å². The quantitative estimate of drug-likeness (QED) is 0.861. The number of aromatic nitrogens is 1. The smallest absolute Gasteiger partial charge is 0.392 e. The summed E-state index contributed by atoms with van der Waals surface area (Å²) < 4.78 is 37.7. The van der Waals surface area contributed by atoms with Crippen LogP contribution in [0.4, 0.5) is 19.0 Å². The number of carbonyl (C=O) groups is 1. The van der Waals surface area contributed by atoms with Crippen molar-refractivity contribution in [2.75, 3.05) is 18.5 Å². The molecule has 1 atom stereocenters. The van der Waals surface area contributed by atoms with E-state index in [2.05, 4.69) is 4.98 Å². The van der Waals surface area contributed by atoms with Crippen LogP contribution < -0.4 is 10.6 Å². The minimum absolute atomic E-state index is 0.0224. The molecule has 1 rings (SSSR count). The van der Waals surface area contributed by atoms with Gasteiger partial charge in [-0.2, -0.15) is 13.2 Å². The summed E-state index contributed by atoms with van der Waals surface area (Å²) in [6, 6.07) is 1.67. The molecule has 0 aliphatic carbocycles. The van der Waals surface area contributed by atoms with E-state index < -0.39 is 23.9 Å². The number of nitrogens with zero attached hydrogens (tertiary/aromatic N) is 2. The van der Waals surface area contributed by atoms with Crippen molar-refractivity contribution < 1.29 is 23.1 Å². The van der Waals surface area contributed by atoms with Gasteiger partial charge in [-0.1, -0.05) is 0 Å². The van der Waals surface area contributed by atoms with Crippen LogP contribution in [0.15, 0.2) is 12.1 Å². The molecule has 0 aliphatic rings. The van der Waals surface area contributed by atoms with Gasteiger partial charge in [0.15, 0.2) is 0 Å². The number of pyridine rings is 1. The standard InChI is InChI=1S/C11H14F3N3O2/c1-6(18)5-17(2)10-7(9(15)19)3-4-8(16-10)11(12,13)14/h3-4,6,18H,5H2,1-2H3,(H2,15,19). The van der Waals surface area contributed by atoms with Gasteiger partial charge in [0.25, 0.3) is 5.91 Å². The maximum atomic E-state index is 12.6. The van der Waals surface area contributed by atoms with Gasteiger partial charge in [0.2, 0.25) is 0 Å². The lowest BCUT2D eigenvalue weighted by Crippen LogP contribution is -2.30. The van der Waals surface area contributed by atoms with Crippen LogP contribution in [-0.2, 0) is 6.18 Å². The van der Waals surface area contributed by atoms with Gasteiger partial charge in [0.05, 0.1) is 11.7 Å². The van der Waals surface area contributed by atoms with Crippen LogP contribution in [0, 0.1) is 0 Å². The molecule has 0 saturated heterocycles. The van der Waals surface area contributed by atoms with Gasteiger partial charge < -0.3 is 15.7 Å². The second-order valence-corrected chi connectivity index (χ2v) is 4.16. The molecule has 0 saturated carbocycles. The molecule has 8 heteroatoms. The van der Waals surface area contributed by atoms with Crippen molar-refractivity contribution in [2.45, 2.75) is 19.2 Å². The van der Waals surface area contributed by atoms with Crippen molar-refractivity contribution in [3.63, 3.8) is 0 Å². The zero-order chi connectivity index (χ0) is 14.8. The Labute approximate surface area is 107 Å². The zero-order valence-electron chi connectivity index (χ0n) is 10.4. The Morgan fingerprint density at radius 1 is 1.53 bits per heavy atom. The van der Waals surface area contributed by atoms with Crippen LogP contribution >= 0.6 is 0 Å². The monoisotopic (exact) mass is 277 g/mol. The van der Waals surface area contributed by atoms with Crippen LogP contribution in [0.3, 0.4) is 0 Å². The van der Waals surface area contributed by atoms with Crippen molar-refractivity contribution in [1.29, 1.82) is 0 Å². The van der Waals surface area contributed by atoms with E-state index in [1.54, 1.807) is 0 Å². The third-order valence-electron chi connectivity index (χ3n) is 2.33. The van der Waals surface area contributed by atoms with Crippen molar-refractivity contribution in [1.82, 2.24) is 4.98 Å². The Morgan fingerprint density at radius 3 is 2.53 bits per heavy atom. The number of rotatable bonds is 4. The third-order valence-corrected chi connectivity index (χ3v) is 2.33. The average molecular weight is 277 g/mol. The number of aliphatic hydroxyl groups is 1. The van der Waals surface area contributed by atoms with Crippen molar-refractivity contribution in [3.8, 4) is 0 Å². The maximum absolute atomic E-state index is 12.6. The van der Waals surface area contributed by atoms with Crippen molar-refractivity contribution in [3.05, 3.63) is 23.4 Å². The van der Waals surface area contributed by atoms with E-state index >= 15 is 0 Å². The molecule has 1 amide bonds. The summed E-state index contributed by atoms with van der Waals surface area (Å²) in [6.07, 6.45) is -5.40. The summed E-state index contributed by atoms with van der Waals surface area (Å²) in [7, 11) is 1.42. The molecule has 5 nitrogen and oxygen atoms in total. The molecule has 106 valence electrons. The van der Waals surface area contributed by atoms with Crippen LogP contribution in [0.25, 0.3) is 0 Å². The maximum Gasteiger partial charge on any atom is 0.433 e. The second-order valence-electron chi connectivity index (χ2n) is 4.16. The van der Waals surface area contributed by atoms with Crippen LogP contribution in [0.1, 0.15) is 23.0 Å². The molecule has 3 N–H and O–H groups in total. The SMILES string of the molecule is CC(O)CN(C)c1nc(C(F)(F)F)ccc1C(N)=O. The van der Waals surface area contributed by atoms with Crippen LogP contribution in [0.2, 0.25) is 0 Å². The van der Waals surface area contributed by atoms with Gasteiger partial charge in [-0.05, 0) is 19.1 Å². The fourth-order valence-corrected chi connectivity index (χ4v) is 1.57. The molecule has 0 bridgehead atoms. The molecular weight excluding hydrogens is 263 g/mol. The number of likely N-dealkylation sites (N-methyl/N-ethyl adjacent to an activating group) is 1. The number of amides is 1. The Bertz CT molecular complexity index is 475. The molecule has 0 aliphatic heterocycles. The molecule has 1 aromatic rings. The zero-order valence-corrected chi connectivity index (χ0v) is 10.4. The molecule has 0 aromatic carbocycles. The first-order valence-corrected chi connectivity index (χ1v) is 5.40. The van der Waals surface area contributed by atoms with Gasteiger partial charge >= 0.3 is 6.18 Å². The Kier molecular flexibility index (Phi) is 4.35. The van der Waals surface area contributed by atoms with E-state index in [1.807, 2.05) is 0 Å². The summed E-state index contributed by atoms with van der Waals surface area (Å²) in [5, 5.41) is 9.23. The van der Waals surface area contributed by atoms with Gasteiger partial charge in [0.1, 0.15) is 11.5 Å². The topological polar surface area (TPSA) is 79.4 Å². The van der Waals surface area contributed by atoms with E-state index in [0.29, 0.717) is 6.07 Å². The van der Waals surface area contributed by atoms with Gasteiger partial charge in [0, 0.05) is 13.6 Å². The molecule has 1 unspecified atom stereocenters. The normalized spacial score (nSPS) is 13.2. The van der Waals surface area contributed by atoms with Crippen LogP contribution in [-0.4, -0.2) is 35.7 Å². The molecule has 1 heterocycles. The first-order valence-electron chi connectivity index (χ1n) is 5.40. The summed E-state index contributed by atoms with van der Waals surface area (Å²) in [5.41, 5.74) is 3.84. The van der Waals surface area contributed by atoms with E-state index in [4.69, 9.17) is 5.73 Å². The molecule has 0 fully saturated rings. The highest BCUT2D eigenvalue weighted by molar-refractivity contribution is 5.97. The largest absolute Gasteiger partial charge is 0.433 e. The molecule has 19 heavy (non-hydrogen) atoms. The fourth-order valence-electron chi connectivity index (χ4n) is 1.57. The number of alkyl halides is 3. The highest BCUT2D eigenvalue weighted by Crippen LogP contribution is 2.30. The first kappa shape index (κ1) is 15.2. The minimum Gasteiger partial charge on any atom is -0.392 e. The van der Waals surface area contributed by atoms with Crippen LogP contribution in [0.5, 0.6) is 0 Å². The molecule has 1 aromatic heterocycles. The number of aliphatic hydroxyl groups excluding tert-OH is 1. The summed E-state index contributed by atoms with van der Waals surface area (Å²) in [5.74, 6) is -1.09. The van der Waals surface area contributed by atoms with E-state index in [-0.39, 0.29) is 17.9 Å². The number of anilines is 1. The van der Waals surface area contributed by atoms with Gasteiger partial charge in [-0.25, -0.2) is 4.98 Å². The first-order chi connectivity index (χ1) is 8.62. The number of halogens is 3. The average Bonchev–Trinajstić information content (AvgIpc) is 2.25. The number of primary amides is 1. The molecular formula is C11H14F3N3O2. The van der Waals surface area contributed by atoms with E-state index in [0.717, 1.165) is 6.07 Å². The lowest BCUT2D eigenvalue weighted by atomic mass is 10.2. The molecule has 0 spiro atoms. The number of hydrogen-bond acceptors (Lipinski definition) is 4. The van der Waals surface area contributed by atoms with E-state index in [1.165, 1.54) is 18.9 Å². The predicted molar refractivity (Wildman–Crippen MR) is 62.7 cm³/mol. The lowest BCUT2D eigenvalue weighted by molar-refractivity contribution is -0.141. The number of nitrogens with two attached hydrogens (primary N) is 1. The lowest BCUT2D eigenvalue weighted by Gasteiger charge is -2.22. The highest BCUT2D eigenvalue weighted by Gasteiger charge is 2.33. The minimum atomic E-state index is -4.61. The second kappa shape index (κ2) is 5.43. The predicted octanol–water partition coefficient (Wildman–Crippen LogP) is 1.02. The highest BCUT2D eigenvalue weighted by atomic mass is 19.4. The Balaban J connectivity index is 3.27. The van der Waals surface area contributed by atoms with Gasteiger partial charge in [-0.15, -0.1) is 0 Å². The fraction of sp³-hybridized carbons (Fsp3) is 0.455. The Morgan fingerprint density at radius 2 is 2.11 bits per heavy atom. The summed E-state index contributed by atoms with van der Waals surface area (Å²) in [4.78, 5) is 15.8. The van der Waals surface area contributed by atoms with Crippen molar-refractivity contribution in [2.24, 2.45) is 5.73 Å². The van der Waals surface area contributed by atoms with E-state index in [9.17, 15) is 23.1 Å². The summed E-state index contributed by atoms with van der Waals surface area (Å²) >= 11 is 0. The third kappa shape index (κ3) is 3.82. The number of hydrogen-bond donors (Lipinski definition) is 2.